The van der Waals surface area contributed by atoms with Crippen molar-refractivity contribution in [1.29, 1.82) is 0 Å². The third kappa shape index (κ3) is 4.46. The summed E-state index contributed by atoms with van der Waals surface area (Å²) in [6, 6.07) is 4.37. The van der Waals surface area contributed by atoms with E-state index in [0.29, 0.717) is 18.1 Å². The van der Waals surface area contributed by atoms with Crippen molar-refractivity contribution in [2.75, 3.05) is 7.05 Å². The van der Waals surface area contributed by atoms with Gasteiger partial charge in [-0.2, -0.15) is 0 Å². The van der Waals surface area contributed by atoms with Crippen molar-refractivity contribution in [3.8, 4) is 5.88 Å². The SMILES string of the molecule is Cc1nc(OC2CCCCC2C)ccc1/N=C/N(C)C(C)C. The van der Waals surface area contributed by atoms with Gasteiger partial charge < -0.3 is 9.64 Å². The quantitative estimate of drug-likeness (QED) is 0.599. The maximum atomic E-state index is 6.09. The molecule has 1 aliphatic carbocycles. The standard InChI is InChI=1S/C18H29N3O/c1-13(2)21(5)12-19-16-10-11-18(20-15(16)4)22-17-9-7-6-8-14(17)3/h10-14,17H,6-9H2,1-5H3/b19-12+. The summed E-state index contributed by atoms with van der Waals surface area (Å²) in [5, 5.41) is 0. The van der Waals surface area contributed by atoms with Crippen LogP contribution in [0.4, 0.5) is 5.69 Å². The molecule has 1 aromatic heterocycles. The third-order valence-electron chi connectivity index (χ3n) is 4.53. The molecule has 1 saturated carbocycles. The van der Waals surface area contributed by atoms with Gasteiger partial charge in [-0.1, -0.05) is 13.3 Å². The van der Waals surface area contributed by atoms with Gasteiger partial charge >= 0.3 is 0 Å². The maximum absolute atomic E-state index is 6.09. The topological polar surface area (TPSA) is 37.7 Å². The first-order valence-corrected chi connectivity index (χ1v) is 8.38. The van der Waals surface area contributed by atoms with Crippen LogP contribution >= 0.6 is 0 Å². The molecule has 1 heterocycles. The molecule has 2 atom stereocenters. The van der Waals surface area contributed by atoms with E-state index in [-0.39, 0.29) is 0 Å². The Kier molecular flexibility index (Phi) is 5.81. The molecule has 0 radical (unpaired) electrons. The lowest BCUT2D eigenvalue weighted by molar-refractivity contribution is 0.0975. The Bertz CT molecular complexity index is 513. The van der Waals surface area contributed by atoms with Crippen LogP contribution in [-0.4, -0.2) is 35.4 Å². The van der Waals surface area contributed by atoms with Crippen LogP contribution in [0.25, 0.3) is 0 Å². The summed E-state index contributed by atoms with van der Waals surface area (Å²) in [5.41, 5.74) is 1.81. The Labute approximate surface area is 134 Å². The second-order valence-corrected chi connectivity index (χ2v) is 6.68. The first-order chi connectivity index (χ1) is 10.5. The lowest BCUT2D eigenvalue weighted by atomic mass is 9.88. The van der Waals surface area contributed by atoms with Gasteiger partial charge in [-0.15, -0.1) is 0 Å². The zero-order chi connectivity index (χ0) is 16.1. The van der Waals surface area contributed by atoms with Crippen molar-refractivity contribution >= 4 is 12.0 Å². The highest BCUT2D eigenvalue weighted by Gasteiger charge is 2.23. The molecule has 0 aromatic carbocycles. The number of aliphatic imine (C=N–C) groups is 1. The van der Waals surface area contributed by atoms with Crippen LogP contribution in [0.5, 0.6) is 5.88 Å². The van der Waals surface area contributed by atoms with Crippen LogP contribution in [-0.2, 0) is 0 Å². The molecule has 122 valence electrons. The highest BCUT2D eigenvalue weighted by Crippen LogP contribution is 2.28. The van der Waals surface area contributed by atoms with Crippen molar-refractivity contribution in [3.05, 3.63) is 17.8 Å². The molecule has 0 aliphatic heterocycles. The lowest BCUT2D eigenvalue weighted by Gasteiger charge is -2.28. The zero-order valence-corrected chi connectivity index (χ0v) is 14.5. The Morgan fingerprint density at radius 3 is 2.68 bits per heavy atom. The van der Waals surface area contributed by atoms with Gasteiger partial charge in [-0.3, -0.25) is 0 Å². The van der Waals surface area contributed by atoms with E-state index in [1.807, 2.05) is 32.4 Å². The molecule has 1 fully saturated rings. The summed E-state index contributed by atoms with van der Waals surface area (Å²) in [5.74, 6) is 1.35. The average molecular weight is 303 g/mol. The molecule has 2 unspecified atom stereocenters. The lowest BCUT2D eigenvalue weighted by Crippen LogP contribution is -2.28. The van der Waals surface area contributed by atoms with Crippen LogP contribution in [0.2, 0.25) is 0 Å². The minimum Gasteiger partial charge on any atom is -0.474 e. The number of pyridine rings is 1. The van der Waals surface area contributed by atoms with E-state index in [2.05, 4.69) is 35.6 Å². The second-order valence-electron chi connectivity index (χ2n) is 6.68. The monoisotopic (exact) mass is 303 g/mol. The fraction of sp³-hybridized carbons (Fsp3) is 0.667. The Morgan fingerprint density at radius 1 is 1.32 bits per heavy atom. The van der Waals surface area contributed by atoms with Gasteiger partial charge in [0.1, 0.15) is 6.10 Å². The van der Waals surface area contributed by atoms with Crippen LogP contribution in [0, 0.1) is 12.8 Å². The minimum atomic E-state index is 0.307. The van der Waals surface area contributed by atoms with Crippen molar-refractivity contribution in [3.63, 3.8) is 0 Å². The van der Waals surface area contributed by atoms with Gasteiger partial charge in [0.2, 0.25) is 5.88 Å². The van der Waals surface area contributed by atoms with Gasteiger partial charge in [0.05, 0.1) is 17.7 Å². The van der Waals surface area contributed by atoms with Crippen molar-refractivity contribution in [2.24, 2.45) is 10.9 Å². The molecule has 22 heavy (non-hydrogen) atoms. The molecule has 1 aliphatic rings. The highest BCUT2D eigenvalue weighted by atomic mass is 16.5. The number of rotatable bonds is 5. The smallest absolute Gasteiger partial charge is 0.213 e. The van der Waals surface area contributed by atoms with Gasteiger partial charge in [-0.05, 0) is 52.0 Å². The summed E-state index contributed by atoms with van der Waals surface area (Å²) in [6.07, 6.45) is 7.15. The molecule has 0 bridgehead atoms. The first kappa shape index (κ1) is 16.8. The van der Waals surface area contributed by atoms with Crippen LogP contribution < -0.4 is 4.74 Å². The molecular weight excluding hydrogens is 274 g/mol. The highest BCUT2D eigenvalue weighted by molar-refractivity contribution is 5.62. The first-order valence-electron chi connectivity index (χ1n) is 8.38. The molecule has 2 rings (SSSR count). The largest absolute Gasteiger partial charge is 0.474 e. The van der Waals surface area contributed by atoms with Gasteiger partial charge in [0, 0.05) is 19.2 Å². The molecule has 4 nitrogen and oxygen atoms in total. The van der Waals surface area contributed by atoms with E-state index >= 15 is 0 Å². The predicted molar refractivity (Wildman–Crippen MR) is 92.1 cm³/mol. The summed E-state index contributed by atoms with van der Waals surface area (Å²) in [7, 11) is 2.03. The Balaban J connectivity index is 2.03. The van der Waals surface area contributed by atoms with Gasteiger partial charge in [-0.25, -0.2) is 9.98 Å². The molecule has 0 saturated heterocycles. The normalized spacial score (nSPS) is 22.3. The number of nitrogens with zero attached hydrogens (tertiary/aromatic N) is 3. The van der Waals surface area contributed by atoms with Crippen molar-refractivity contribution in [2.45, 2.75) is 65.5 Å². The van der Waals surface area contributed by atoms with E-state index in [4.69, 9.17) is 4.74 Å². The molecule has 1 aromatic rings. The molecule has 0 N–H and O–H groups in total. The fourth-order valence-electron chi connectivity index (χ4n) is 2.63. The molecular formula is C18H29N3O. The third-order valence-corrected chi connectivity index (χ3v) is 4.53. The van der Waals surface area contributed by atoms with Gasteiger partial charge in [0.15, 0.2) is 0 Å². The average Bonchev–Trinajstić information content (AvgIpc) is 2.48. The molecule has 0 spiro atoms. The van der Waals surface area contributed by atoms with Gasteiger partial charge in [0.25, 0.3) is 0 Å². The van der Waals surface area contributed by atoms with E-state index in [1.54, 1.807) is 0 Å². The summed E-state index contributed by atoms with van der Waals surface area (Å²) < 4.78 is 6.09. The summed E-state index contributed by atoms with van der Waals surface area (Å²) >= 11 is 0. The summed E-state index contributed by atoms with van der Waals surface area (Å²) in [6.45, 7) is 8.54. The summed E-state index contributed by atoms with van der Waals surface area (Å²) in [4.78, 5) is 11.2. The number of hydrogen-bond acceptors (Lipinski definition) is 3. The number of hydrogen-bond donors (Lipinski definition) is 0. The van der Waals surface area contributed by atoms with E-state index in [9.17, 15) is 0 Å². The van der Waals surface area contributed by atoms with Crippen molar-refractivity contribution < 1.29 is 4.74 Å². The van der Waals surface area contributed by atoms with E-state index in [0.717, 1.165) is 23.7 Å². The Morgan fingerprint density at radius 2 is 2.05 bits per heavy atom. The van der Waals surface area contributed by atoms with Crippen LogP contribution in [0.1, 0.15) is 52.1 Å². The van der Waals surface area contributed by atoms with E-state index < -0.39 is 0 Å². The second kappa shape index (κ2) is 7.61. The minimum absolute atomic E-state index is 0.307. The van der Waals surface area contributed by atoms with E-state index in [1.165, 1.54) is 19.3 Å². The van der Waals surface area contributed by atoms with Crippen LogP contribution in [0.3, 0.4) is 0 Å². The molecule has 0 amide bonds. The Hall–Kier alpha value is -1.58. The maximum Gasteiger partial charge on any atom is 0.213 e. The predicted octanol–water partition coefficient (Wildman–Crippen LogP) is 4.35. The van der Waals surface area contributed by atoms with Crippen molar-refractivity contribution in [1.82, 2.24) is 9.88 Å². The number of aromatic nitrogens is 1. The fourth-order valence-corrected chi connectivity index (χ4v) is 2.63. The van der Waals surface area contributed by atoms with Crippen LogP contribution in [0.15, 0.2) is 17.1 Å². The number of ether oxygens (including phenoxy) is 1. The number of aryl methyl sites for hydroxylation is 1. The zero-order valence-electron chi connectivity index (χ0n) is 14.5. The molecule has 4 heteroatoms.